The summed E-state index contributed by atoms with van der Waals surface area (Å²) < 4.78 is 66.5. The van der Waals surface area contributed by atoms with Crippen molar-refractivity contribution >= 4 is 11.8 Å². The predicted octanol–water partition coefficient (Wildman–Crippen LogP) is 5.62. The van der Waals surface area contributed by atoms with E-state index in [2.05, 4.69) is 26.8 Å². The molecule has 0 radical (unpaired) electrons. The Morgan fingerprint density at radius 1 is 0.721 bits per heavy atom. The van der Waals surface area contributed by atoms with E-state index in [0.29, 0.717) is 58.0 Å². The first kappa shape index (κ1) is 43.1. The second-order valence-corrected chi connectivity index (χ2v) is 21.5. The van der Waals surface area contributed by atoms with E-state index in [9.17, 15) is 19.8 Å². The number of carbonyl (C=O) groups is 2. The fraction of sp³-hybridized carbons (Fsp3) is 0.872. The molecule has 19 atom stereocenters. The molecule has 10 rings (SSSR count). The molecule has 0 aromatic rings. The van der Waals surface area contributed by atoms with Gasteiger partial charge in [0.2, 0.25) is 11.6 Å². The number of carbonyl (C=O) groups excluding carboxylic acids is 2. The summed E-state index contributed by atoms with van der Waals surface area (Å²) in [6.45, 7) is 14.5. The van der Waals surface area contributed by atoms with Gasteiger partial charge in [0.1, 0.15) is 36.1 Å². The number of fused-ring (bicyclic) bond motifs is 11. The summed E-state index contributed by atoms with van der Waals surface area (Å²) in [5.74, 6) is -5.98. The first-order valence-electron chi connectivity index (χ1n) is 23.4. The Kier molecular flexibility index (Phi) is 10.5. The van der Waals surface area contributed by atoms with Crippen LogP contribution in [0.5, 0.6) is 0 Å². The number of ether oxygens (including phenoxy) is 10. The summed E-state index contributed by atoms with van der Waals surface area (Å²) in [6, 6.07) is 0. The van der Waals surface area contributed by atoms with Crippen molar-refractivity contribution in [3.63, 3.8) is 0 Å². The molecule has 9 fully saturated rings. The lowest BCUT2D eigenvalue weighted by Crippen LogP contribution is -2.62. The number of hydrogen-bond acceptors (Lipinski definition) is 14. The molecule has 2 N–H and O–H groups in total. The normalized spacial score (nSPS) is 57.4. The average molecular weight is 857 g/mol. The molecule has 10 heterocycles. The van der Waals surface area contributed by atoms with E-state index in [1.54, 1.807) is 6.92 Å². The standard InChI is InChI=1S/C47H68O14/c1-26-10-17-45-35(22-36(58-45)47(61-45)38(49)28(3)13-20-52-47)53-40(51)29(4)31-9-8-14-44(54-31)16-11-32(55-44)39(50)43(7)24-30(48)37(59-43)33-25-42(6)18-19-46(56-33,60-42)34-12-15-41(5,57-34)23-27(2)21-26/h10,17,21,27-29,31-39,49-50H,8-9,11-16,18-20,22-25H2,1-7H3/b17-10+,26-21+/t27-,28+,29+,31-,32?,33+,34+,35?,36-,37?,38+,39-,41?,42?,43+,44+,45-,46?,47?/m0/s1. The fourth-order valence-electron chi connectivity index (χ4n) is 13.0. The summed E-state index contributed by atoms with van der Waals surface area (Å²) in [6.07, 6.45) is 7.92. The second-order valence-electron chi connectivity index (χ2n) is 21.5. The van der Waals surface area contributed by atoms with Crippen LogP contribution in [0.3, 0.4) is 0 Å². The highest BCUT2D eigenvalue weighted by atomic mass is 16.9. The van der Waals surface area contributed by atoms with Gasteiger partial charge in [-0.2, -0.15) is 0 Å². The van der Waals surface area contributed by atoms with Crippen molar-refractivity contribution in [2.45, 2.75) is 233 Å². The molecule has 14 heteroatoms. The fourth-order valence-corrected chi connectivity index (χ4v) is 13.0. The molecule has 0 aromatic heterocycles. The number of aliphatic hydroxyl groups excluding tert-OH is 2. The van der Waals surface area contributed by atoms with Gasteiger partial charge in [0.25, 0.3) is 0 Å². The molecule has 10 aliphatic heterocycles. The minimum Gasteiger partial charge on any atom is -0.456 e. The summed E-state index contributed by atoms with van der Waals surface area (Å²) in [7, 11) is 0. The summed E-state index contributed by atoms with van der Waals surface area (Å²) in [5, 5.41) is 23.5. The van der Waals surface area contributed by atoms with Crippen LogP contribution in [-0.2, 0) is 57.0 Å². The van der Waals surface area contributed by atoms with Crippen LogP contribution in [-0.4, -0.2) is 123 Å². The van der Waals surface area contributed by atoms with Crippen LogP contribution < -0.4 is 0 Å². The maximum absolute atomic E-state index is 14.1. The molecule has 4 spiro atoms. The second kappa shape index (κ2) is 14.8. The molecular formula is C47H68O14. The van der Waals surface area contributed by atoms with E-state index in [-0.39, 0.29) is 30.1 Å². The van der Waals surface area contributed by atoms with Crippen molar-refractivity contribution in [1.82, 2.24) is 0 Å². The van der Waals surface area contributed by atoms with Crippen LogP contribution in [0.4, 0.5) is 0 Å². The highest BCUT2D eigenvalue weighted by molar-refractivity contribution is 5.86. The third kappa shape index (κ3) is 7.16. The Labute approximate surface area is 359 Å². The van der Waals surface area contributed by atoms with Gasteiger partial charge in [-0.3, -0.25) is 9.59 Å². The van der Waals surface area contributed by atoms with Gasteiger partial charge in [-0.1, -0.05) is 31.6 Å². The quantitative estimate of drug-likeness (QED) is 0.288. The Bertz CT molecular complexity index is 1820. The molecule has 14 nitrogen and oxygen atoms in total. The minimum atomic E-state index is -1.48. The van der Waals surface area contributed by atoms with E-state index in [0.717, 1.165) is 37.7 Å². The van der Waals surface area contributed by atoms with E-state index < -0.39 is 101 Å². The molecule has 61 heavy (non-hydrogen) atoms. The molecular weight excluding hydrogens is 789 g/mol. The number of hydrogen-bond donors (Lipinski definition) is 2. The maximum Gasteiger partial charge on any atom is 0.311 e. The molecule has 340 valence electrons. The van der Waals surface area contributed by atoms with E-state index in [4.69, 9.17) is 47.4 Å². The zero-order valence-electron chi connectivity index (χ0n) is 37.1. The van der Waals surface area contributed by atoms with Crippen LogP contribution in [0.15, 0.2) is 23.8 Å². The first-order chi connectivity index (χ1) is 28.8. The van der Waals surface area contributed by atoms with Gasteiger partial charge in [0.05, 0.1) is 42.0 Å². The van der Waals surface area contributed by atoms with E-state index in [1.165, 1.54) is 0 Å². The van der Waals surface area contributed by atoms with Crippen molar-refractivity contribution in [3.05, 3.63) is 23.8 Å². The highest BCUT2D eigenvalue weighted by Gasteiger charge is 2.72. The van der Waals surface area contributed by atoms with Crippen LogP contribution in [0.2, 0.25) is 0 Å². The van der Waals surface area contributed by atoms with Gasteiger partial charge in [-0.25, -0.2) is 0 Å². The molecule has 0 saturated carbocycles. The number of ketones is 1. The average Bonchev–Trinajstić information content (AvgIpc) is 4.05. The molecule has 0 aliphatic carbocycles. The number of rotatable bonds is 0. The Morgan fingerprint density at radius 2 is 1.52 bits per heavy atom. The molecule has 12 bridgehead atoms. The molecule has 7 unspecified atom stereocenters. The number of esters is 1. The van der Waals surface area contributed by atoms with E-state index >= 15 is 0 Å². The smallest absolute Gasteiger partial charge is 0.311 e. The first-order valence-corrected chi connectivity index (χ1v) is 23.4. The van der Waals surface area contributed by atoms with Gasteiger partial charge in [0, 0.05) is 38.5 Å². The molecule has 0 aromatic carbocycles. The van der Waals surface area contributed by atoms with Crippen molar-refractivity contribution in [2.24, 2.45) is 17.8 Å². The lowest BCUT2D eigenvalue weighted by atomic mass is 9.85. The third-order valence-corrected chi connectivity index (χ3v) is 16.3. The summed E-state index contributed by atoms with van der Waals surface area (Å²) in [4.78, 5) is 28.1. The zero-order chi connectivity index (χ0) is 43.0. The Hall–Kier alpha value is -1.82. The van der Waals surface area contributed by atoms with Crippen molar-refractivity contribution in [3.8, 4) is 0 Å². The molecule has 9 saturated heterocycles. The largest absolute Gasteiger partial charge is 0.456 e. The van der Waals surface area contributed by atoms with Crippen molar-refractivity contribution in [1.29, 1.82) is 0 Å². The number of aliphatic hydroxyl groups is 2. The lowest BCUT2D eigenvalue weighted by Gasteiger charge is -2.47. The third-order valence-electron chi connectivity index (χ3n) is 16.3. The lowest BCUT2D eigenvalue weighted by molar-refractivity contribution is -0.359. The zero-order valence-corrected chi connectivity index (χ0v) is 37.1. The molecule has 0 amide bonds. The van der Waals surface area contributed by atoms with Crippen LogP contribution in [0.25, 0.3) is 0 Å². The van der Waals surface area contributed by atoms with Crippen LogP contribution >= 0.6 is 0 Å². The van der Waals surface area contributed by atoms with Crippen molar-refractivity contribution in [2.75, 3.05) is 6.61 Å². The van der Waals surface area contributed by atoms with Gasteiger partial charge in [0.15, 0.2) is 23.5 Å². The van der Waals surface area contributed by atoms with Gasteiger partial charge >= 0.3 is 5.97 Å². The maximum atomic E-state index is 14.1. The Balaban J connectivity index is 0.957. The van der Waals surface area contributed by atoms with Gasteiger partial charge in [-0.15, -0.1) is 0 Å². The van der Waals surface area contributed by atoms with Crippen LogP contribution in [0.1, 0.15) is 138 Å². The van der Waals surface area contributed by atoms with E-state index in [1.807, 2.05) is 32.9 Å². The minimum absolute atomic E-state index is 0.0301. The molecule has 10 aliphatic rings. The summed E-state index contributed by atoms with van der Waals surface area (Å²) >= 11 is 0. The number of Topliss-reactive ketones (excluding diaryl/α,β-unsaturated/α-hetero) is 1. The topological polar surface area (TPSA) is 167 Å². The number of allylic oxidation sites excluding steroid dienone is 3. The SMILES string of the molecule is CC1=C\[C@H](C)CC2(C)CC[C@@H](O2)C23CCC(C)(C[C@@H](O2)C2O[C@](C)(CC2=O)[C@@H](O)C2CC[C@@]4(CCC[C@H](O4)[C@@H](C)C(=O)OC4C[C@@H]5O[C@@]4(\C=C\1)OC51OCC[C@@H](C)[C@H]1O)O2)O3. The Morgan fingerprint density at radius 3 is 2.34 bits per heavy atom. The summed E-state index contributed by atoms with van der Waals surface area (Å²) in [5.41, 5.74) is -1.18. The van der Waals surface area contributed by atoms with Gasteiger partial charge in [-0.05, 0) is 104 Å². The van der Waals surface area contributed by atoms with Crippen LogP contribution in [0, 0.1) is 17.8 Å². The monoisotopic (exact) mass is 856 g/mol. The van der Waals surface area contributed by atoms with Gasteiger partial charge < -0.3 is 57.6 Å². The predicted molar refractivity (Wildman–Crippen MR) is 215 cm³/mol. The van der Waals surface area contributed by atoms with Crippen molar-refractivity contribution < 1.29 is 67.2 Å². The highest BCUT2D eigenvalue weighted by Crippen LogP contribution is 2.57.